The van der Waals surface area contributed by atoms with Gasteiger partial charge in [0.25, 0.3) is 0 Å². The van der Waals surface area contributed by atoms with Crippen molar-refractivity contribution in [2.24, 2.45) is 4.99 Å². The van der Waals surface area contributed by atoms with Crippen LogP contribution in [0.3, 0.4) is 0 Å². The largest absolute Gasteiger partial charge is 0.359 e. The number of hydrogen-bond acceptors (Lipinski definition) is 3. The first-order chi connectivity index (χ1) is 12.1. The number of guanidine groups is 1. The molecule has 1 aromatic carbocycles. The molecule has 1 aromatic heterocycles. The summed E-state index contributed by atoms with van der Waals surface area (Å²) in [5, 5.41) is 10.9. The molecule has 25 heavy (non-hydrogen) atoms. The van der Waals surface area contributed by atoms with Gasteiger partial charge < -0.3 is 15.2 Å². The number of nitrogens with one attached hydrogen (secondary N) is 2. The molecular weight excluding hydrogens is 312 g/mol. The van der Waals surface area contributed by atoms with Crippen LogP contribution in [0.4, 0.5) is 0 Å². The van der Waals surface area contributed by atoms with E-state index in [2.05, 4.69) is 65.0 Å². The van der Waals surface area contributed by atoms with Gasteiger partial charge in [0, 0.05) is 25.1 Å². The van der Waals surface area contributed by atoms with Gasteiger partial charge in [0.15, 0.2) is 11.7 Å². The van der Waals surface area contributed by atoms with Gasteiger partial charge in [0.05, 0.1) is 12.2 Å². The highest BCUT2D eigenvalue weighted by molar-refractivity contribution is 5.79. The van der Waals surface area contributed by atoms with E-state index in [1.54, 1.807) is 7.05 Å². The van der Waals surface area contributed by atoms with Crippen molar-refractivity contribution in [3.8, 4) is 0 Å². The summed E-state index contributed by atoms with van der Waals surface area (Å²) in [6.07, 6.45) is 3.74. The molecule has 2 N–H and O–H groups in total. The predicted octanol–water partition coefficient (Wildman–Crippen LogP) is 3.58. The van der Waals surface area contributed by atoms with Gasteiger partial charge in [-0.1, -0.05) is 55.8 Å². The van der Waals surface area contributed by atoms with E-state index in [1.165, 1.54) is 24.8 Å². The van der Waals surface area contributed by atoms with Gasteiger partial charge in [-0.15, -0.1) is 0 Å². The van der Waals surface area contributed by atoms with E-state index in [4.69, 9.17) is 4.52 Å². The molecule has 0 amide bonds. The lowest BCUT2D eigenvalue weighted by atomic mass is 9.64. The molecule has 0 saturated heterocycles. The average Bonchev–Trinajstić information content (AvgIpc) is 3.07. The zero-order valence-corrected chi connectivity index (χ0v) is 15.4. The summed E-state index contributed by atoms with van der Waals surface area (Å²) in [5.41, 5.74) is 2.63. The van der Waals surface area contributed by atoms with Crippen LogP contribution >= 0.6 is 0 Å². The van der Waals surface area contributed by atoms with Crippen molar-refractivity contribution in [1.29, 1.82) is 0 Å². The Morgan fingerprint density at radius 2 is 2.00 bits per heavy atom. The van der Waals surface area contributed by atoms with Crippen molar-refractivity contribution in [1.82, 2.24) is 15.8 Å². The number of benzene rings is 1. The van der Waals surface area contributed by atoms with E-state index in [1.807, 2.05) is 6.07 Å². The van der Waals surface area contributed by atoms with Gasteiger partial charge in [0.2, 0.25) is 0 Å². The number of aromatic nitrogens is 1. The van der Waals surface area contributed by atoms with Crippen LogP contribution in [-0.4, -0.2) is 24.7 Å². The average molecular weight is 340 g/mol. The summed E-state index contributed by atoms with van der Waals surface area (Å²) >= 11 is 0. The maximum absolute atomic E-state index is 5.37. The lowest BCUT2D eigenvalue weighted by molar-refractivity contribution is 0.243. The Balaban J connectivity index is 1.55. The SMILES string of the molecule is CN=C(NCc1cc(C(C)C)no1)NCC1(c2ccccc2)CCC1. The Morgan fingerprint density at radius 3 is 2.56 bits per heavy atom. The van der Waals surface area contributed by atoms with Gasteiger partial charge in [-0.05, 0) is 24.3 Å². The quantitative estimate of drug-likeness (QED) is 0.623. The molecule has 0 aliphatic heterocycles. The molecule has 1 saturated carbocycles. The van der Waals surface area contributed by atoms with Crippen molar-refractivity contribution in [2.45, 2.75) is 51.0 Å². The minimum atomic E-state index is 0.232. The normalized spacial score (nSPS) is 16.6. The van der Waals surface area contributed by atoms with E-state index in [9.17, 15) is 0 Å². The van der Waals surface area contributed by atoms with Crippen LogP contribution in [0.2, 0.25) is 0 Å². The van der Waals surface area contributed by atoms with Gasteiger partial charge in [-0.25, -0.2) is 0 Å². The van der Waals surface area contributed by atoms with Crippen molar-refractivity contribution >= 4 is 5.96 Å². The monoisotopic (exact) mass is 340 g/mol. The topological polar surface area (TPSA) is 62.5 Å². The molecule has 1 heterocycles. The molecule has 2 aromatic rings. The van der Waals surface area contributed by atoms with Crippen LogP contribution in [-0.2, 0) is 12.0 Å². The second kappa shape index (κ2) is 7.72. The van der Waals surface area contributed by atoms with Crippen LogP contribution in [0.1, 0.15) is 56.0 Å². The molecule has 134 valence electrons. The van der Waals surface area contributed by atoms with Crippen LogP contribution in [0.25, 0.3) is 0 Å². The van der Waals surface area contributed by atoms with Gasteiger partial charge >= 0.3 is 0 Å². The van der Waals surface area contributed by atoms with Gasteiger partial charge in [-0.2, -0.15) is 0 Å². The Hall–Kier alpha value is -2.30. The minimum Gasteiger partial charge on any atom is -0.359 e. The van der Waals surface area contributed by atoms with E-state index in [-0.39, 0.29) is 5.41 Å². The third-order valence-corrected chi connectivity index (χ3v) is 5.11. The first-order valence-electron chi connectivity index (χ1n) is 9.08. The van der Waals surface area contributed by atoms with Crippen LogP contribution < -0.4 is 10.6 Å². The molecule has 0 radical (unpaired) electrons. The Labute approximate surface area is 149 Å². The van der Waals surface area contributed by atoms with Crippen molar-refractivity contribution < 1.29 is 4.52 Å². The summed E-state index contributed by atoms with van der Waals surface area (Å²) in [6, 6.07) is 12.8. The van der Waals surface area contributed by atoms with E-state index in [0.29, 0.717) is 12.5 Å². The van der Waals surface area contributed by atoms with Crippen LogP contribution in [0.5, 0.6) is 0 Å². The molecular formula is C20H28N4O. The first-order valence-corrected chi connectivity index (χ1v) is 9.08. The summed E-state index contributed by atoms with van der Waals surface area (Å²) in [7, 11) is 1.80. The highest BCUT2D eigenvalue weighted by Gasteiger charge is 2.38. The fraction of sp³-hybridized carbons (Fsp3) is 0.500. The Morgan fingerprint density at radius 1 is 1.24 bits per heavy atom. The molecule has 0 atom stereocenters. The highest BCUT2D eigenvalue weighted by Crippen LogP contribution is 2.43. The van der Waals surface area contributed by atoms with E-state index >= 15 is 0 Å². The molecule has 1 aliphatic rings. The zero-order valence-electron chi connectivity index (χ0n) is 15.4. The Kier molecular flexibility index (Phi) is 5.41. The second-order valence-corrected chi connectivity index (χ2v) is 7.15. The third kappa shape index (κ3) is 4.03. The molecule has 1 fully saturated rings. The Bertz CT molecular complexity index is 701. The zero-order chi connectivity index (χ0) is 17.7. The predicted molar refractivity (Wildman–Crippen MR) is 101 cm³/mol. The van der Waals surface area contributed by atoms with E-state index < -0.39 is 0 Å². The summed E-state index contributed by atoms with van der Waals surface area (Å²) in [6.45, 7) is 5.69. The van der Waals surface area contributed by atoms with Gasteiger partial charge in [0.1, 0.15) is 0 Å². The molecule has 1 aliphatic carbocycles. The van der Waals surface area contributed by atoms with Crippen LogP contribution in [0.15, 0.2) is 45.9 Å². The summed E-state index contributed by atoms with van der Waals surface area (Å²) in [4.78, 5) is 4.33. The summed E-state index contributed by atoms with van der Waals surface area (Å²) in [5.74, 6) is 2.00. The number of hydrogen-bond donors (Lipinski definition) is 2. The van der Waals surface area contributed by atoms with Crippen molar-refractivity contribution in [3.05, 3.63) is 53.4 Å². The van der Waals surface area contributed by atoms with Gasteiger partial charge in [-0.3, -0.25) is 4.99 Å². The summed E-state index contributed by atoms with van der Waals surface area (Å²) < 4.78 is 5.37. The minimum absolute atomic E-state index is 0.232. The highest BCUT2D eigenvalue weighted by atomic mass is 16.5. The van der Waals surface area contributed by atoms with Crippen molar-refractivity contribution in [2.75, 3.05) is 13.6 Å². The third-order valence-electron chi connectivity index (χ3n) is 5.11. The lowest BCUT2D eigenvalue weighted by Gasteiger charge is -2.43. The number of aliphatic imine (C=N–C) groups is 1. The molecule has 0 unspecified atom stereocenters. The fourth-order valence-electron chi connectivity index (χ4n) is 3.29. The van der Waals surface area contributed by atoms with E-state index in [0.717, 1.165) is 24.0 Å². The molecule has 0 bridgehead atoms. The molecule has 5 nitrogen and oxygen atoms in total. The second-order valence-electron chi connectivity index (χ2n) is 7.15. The maximum atomic E-state index is 5.37. The maximum Gasteiger partial charge on any atom is 0.191 e. The smallest absolute Gasteiger partial charge is 0.191 e. The fourth-order valence-corrected chi connectivity index (χ4v) is 3.29. The number of rotatable bonds is 6. The standard InChI is InChI=1S/C20H28N4O/c1-15(2)18-12-17(25-24-18)13-22-19(21-3)23-14-20(10-7-11-20)16-8-5-4-6-9-16/h4-6,8-9,12,15H,7,10-11,13-14H2,1-3H3,(H2,21,22,23). The van der Waals surface area contributed by atoms with Crippen LogP contribution in [0, 0.1) is 0 Å². The molecule has 5 heteroatoms. The van der Waals surface area contributed by atoms with Crippen molar-refractivity contribution in [3.63, 3.8) is 0 Å². The lowest BCUT2D eigenvalue weighted by Crippen LogP contribution is -2.48. The first kappa shape index (κ1) is 17.5. The molecule has 3 rings (SSSR count). The molecule has 0 spiro atoms. The number of nitrogens with zero attached hydrogens (tertiary/aromatic N) is 2.